The topological polar surface area (TPSA) is 163 Å². The lowest BCUT2D eigenvalue weighted by Gasteiger charge is -2.31. The van der Waals surface area contributed by atoms with Crippen LogP contribution in [0.1, 0.15) is 35.6 Å². The van der Waals surface area contributed by atoms with Crippen LogP contribution in [0.25, 0.3) is 10.4 Å². The second kappa shape index (κ2) is 14.5. The van der Waals surface area contributed by atoms with Crippen molar-refractivity contribution >= 4 is 21.6 Å². The molecule has 0 saturated carbocycles. The van der Waals surface area contributed by atoms with E-state index in [9.17, 15) is 13.2 Å². The molecule has 11 nitrogen and oxygen atoms in total. The Bertz CT molecular complexity index is 1610. The number of carbonyl (C=O) groups excluding carboxylic acids is 1. The average Bonchev–Trinajstić information content (AvgIpc) is 3.43. The van der Waals surface area contributed by atoms with Crippen LogP contribution in [0.5, 0.6) is 5.75 Å². The Hall–Kier alpha value is -4.64. The first-order valence-electron chi connectivity index (χ1n) is 13.7. The van der Waals surface area contributed by atoms with Gasteiger partial charge in [-0.1, -0.05) is 53.7 Å². The first-order valence-corrected chi connectivity index (χ1v) is 15.4. The fourth-order valence-corrected chi connectivity index (χ4v) is 6.13. The van der Waals surface area contributed by atoms with Crippen LogP contribution in [-0.4, -0.2) is 56.4 Å². The Kier molecular flexibility index (Phi) is 10.6. The molecule has 1 aliphatic rings. The SMILES string of the molecule is C=CCNC(=O)[C@]1(CCS(=O)(=O)c2ccccc2)N=C(c2ccc(OCCCO)cc2)O[C@@H]1c1ccccc1CN=[N+]=[N-]. The number of aliphatic hydroxyl groups is 1. The highest BCUT2D eigenvalue weighted by molar-refractivity contribution is 7.91. The third kappa shape index (κ3) is 7.42. The first kappa shape index (κ1) is 31.3. The Morgan fingerprint density at radius 1 is 1.14 bits per heavy atom. The van der Waals surface area contributed by atoms with E-state index in [0.29, 0.717) is 35.5 Å². The van der Waals surface area contributed by atoms with E-state index < -0.39 is 27.4 Å². The van der Waals surface area contributed by atoms with Gasteiger partial charge in [-0.3, -0.25) is 4.79 Å². The molecule has 43 heavy (non-hydrogen) atoms. The summed E-state index contributed by atoms with van der Waals surface area (Å²) in [6.45, 7) is 4.16. The molecule has 3 aromatic carbocycles. The number of sulfone groups is 1. The number of azide groups is 1. The number of nitrogens with zero attached hydrogens (tertiary/aromatic N) is 4. The number of carbonyl (C=O) groups is 1. The van der Waals surface area contributed by atoms with Gasteiger partial charge in [0.1, 0.15) is 5.75 Å². The maximum Gasteiger partial charge on any atom is 0.252 e. The molecule has 0 fully saturated rings. The Labute approximate surface area is 250 Å². The molecule has 0 aliphatic carbocycles. The molecule has 1 aliphatic heterocycles. The summed E-state index contributed by atoms with van der Waals surface area (Å²) in [4.78, 5) is 21.8. The highest BCUT2D eigenvalue weighted by Gasteiger charge is 2.54. The normalized spacial score (nSPS) is 17.7. The van der Waals surface area contributed by atoms with Gasteiger partial charge in [-0.25, -0.2) is 13.4 Å². The number of aliphatic imine (C=N–C) groups is 1. The number of ether oxygens (including phenoxy) is 2. The van der Waals surface area contributed by atoms with Crippen LogP contribution >= 0.6 is 0 Å². The van der Waals surface area contributed by atoms with Gasteiger partial charge in [0.15, 0.2) is 21.5 Å². The Balaban J connectivity index is 1.81. The number of aliphatic hydroxyl groups excluding tert-OH is 1. The molecule has 224 valence electrons. The fraction of sp³-hybridized carbons (Fsp3) is 0.290. The maximum absolute atomic E-state index is 14.0. The largest absolute Gasteiger partial charge is 0.494 e. The van der Waals surface area contributed by atoms with E-state index in [-0.39, 0.29) is 42.7 Å². The van der Waals surface area contributed by atoms with E-state index in [4.69, 9.17) is 25.1 Å². The number of hydrogen-bond donors (Lipinski definition) is 2. The fourth-order valence-electron chi connectivity index (χ4n) is 4.74. The minimum Gasteiger partial charge on any atom is -0.494 e. The van der Waals surface area contributed by atoms with Gasteiger partial charge in [-0.2, -0.15) is 0 Å². The lowest BCUT2D eigenvalue weighted by atomic mass is 9.83. The second-order valence-corrected chi connectivity index (χ2v) is 11.9. The van der Waals surface area contributed by atoms with Crippen LogP contribution < -0.4 is 10.1 Å². The van der Waals surface area contributed by atoms with Crippen molar-refractivity contribution in [1.29, 1.82) is 0 Å². The molecule has 0 unspecified atom stereocenters. The van der Waals surface area contributed by atoms with E-state index in [0.717, 1.165) is 0 Å². The van der Waals surface area contributed by atoms with Crippen molar-refractivity contribution in [2.75, 3.05) is 25.5 Å². The molecule has 0 bridgehead atoms. The standard InChI is InChI=1S/C31H33N5O6S/c1-2-18-33-30(38)31(17-21-43(39,40)26-10-4-3-5-11-26)28(27-12-7-6-9-24(27)22-34-36-32)42-29(35-31)23-13-15-25(16-14-23)41-20-8-19-37/h2-7,9-16,28,37H,1,8,17-22H2,(H,33,38)/t28-,31-/m1/s1. The van der Waals surface area contributed by atoms with E-state index in [2.05, 4.69) is 21.9 Å². The Morgan fingerprint density at radius 3 is 2.56 bits per heavy atom. The van der Waals surface area contributed by atoms with Crippen LogP contribution in [0.4, 0.5) is 0 Å². The molecule has 0 aromatic heterocycles. The van der Waals surface area contributed by atoms with Gasteiger partial charge >= 0.3 is 0 Å². The summed E-state index contributed by atoms with van der Waals surface area (Å²) < 4.78 is 38.9. The summed E-state index contributed by atoms with van der Waals surface area (Å²) in [5.41, 5.74) is 8.99. The minimum atomic E-state index is -3.79. The van der Waals surface area contributed by atoms with Crippen molar-refractivity contribution in [3.8, 4) is 5.75 Å². The van der Waals surface area contributed by atoms with Crippen molar-refractivity contribution in [3.05, 3.63) is 119 Å². The van der Waals surface area contributed by atoms with E-state index in [1.54, 1.807) is 66.7 Å². The van der Waals surface area contributed by atoms with Gasteiger partial charge in [0.2, 0.25) is 5.90 Å². The van der Waals surface area contributed by atoms with Gasteiger partial charge in [0.25, 0.3) is 5.91 Å². The molecule has 0 radical (unpaired) electrons. The lowest BCUT2D eigenvalue weighted by Crippen LogP contribution is -2.49. The zero-order chi connectivity index (χ0) is 30.7. The predicted octanol–water partition coefficient (Wildman–Crippen LogP) is 4.68. The summed E-state index contributed by atoms with van der Waals surface area (Å²) >= 11 is 0. The lowest BCUT2D eigenvalue weighted by molar-refractivity contribution is -0.128. The van der Waals surface area contributed by atoms with Crippen molar-refractivity contribution in [2.24, 2.45) is 10.1 Å². The van der Waals surface area contributed by atoms with Gasteiger partial charge in [-0.15, -0.1) is 6.58 Å². The number of amides is 1. The smallest absolute Gasteiger partial charge is 0.252 e. The summed E-state index contributed by atoms with van der Waals surface area (Å²) in [7, 11) is -3.79. The van der Waals surface area contributed by atoms with Crippen LogP contribution in [-0.2, 0) is 25.9 Å². The summed E-state index contributed by atoms with van der Waals surface area (Å²) in [6.07, 6.45) is 0.777. The van der Waals surface area contributed by atoms with Crippen LogP contribution in [0.3, 0.4) is 0 Å². The first-order chi connectivity index (χ1) is 20.8. The van der Waals surface area contributed by atoms with Gasteiger partial charge < -0.3 is 19.9 Å². The zero-order valence-corrected chi connectivity index (χ0v) is 24.3. The highest BCUT2D eigenvalue weighted by atomic mass is 32.2. The molecule has 4 rings (SSSR count). The third-order valence-electron chi connectivity index (χ3n) is 6.93. The highest BCUT2D eigenvalue weighted by Crippen LogP contribution is 2.44. The average molecular weight is 604 g/mol. The number of hydrogen-bond acceptors (Lipinski definition) is 8. The van der Waals surface area contributed by atoms with Crippen molar-refractivity contribution in [1.82, 2.24) is 5.32 Å². The van der Waals surface area contributed by atoms with Crippen molar-refractivity contribution in [2.45, 2.75) is 35.9 Å². The molecule has 3 aromatic rings. The monoisotopic (exact) mass is 603 g/mol. The molecule has 1 heterocycles. The van der Waals surface area contributed by atoms with Crippen molar-refractivity contribution in [3.63, 3.8) is 0 Å². The molecule has 2 N–H and O–H groups in total. The quantitative estimate of drug-likeness (QED) is 0.0842. The van der Waals surface area contributed by atoms with E-state index in [1.165, 1.54) is 18.2 Å². The molecular weight excluding hydrogens is 570 g/mol. The van der Waals surface area contributed by atoms with Crippen LogP contribution in [0.15, 0.2) is 107 Å². The van der Waals surface area contributed by atoms with Gasteiger partial charge in [-0.05, 0) is 53.1 Å². The molecule has 2 atom stereocenters. The predicted molar refractivity (Wildman–Crippen MR) is 162 cm³/mol. The summed E-state index contributed by atoms with van der Waals surface area (Å²) in [5, 5.41) is 15.5. The van der Waals surface area contributed by atoms with E-state index in [1.807, 2.05) is 0 Å². The Morgan fingerprint density at radius 2 is 1.86 bits per heavy atom. The van der Waals surface area contributed by atoms with Crippen LogP contribution in [0, 0.1) is 0 Å². The molecular formula is C31H33N5O6S. The van der Waals surface area contributed by atoms with Gasteiger partial charge in [0, 0.05) is 36.5 Å². The van der Waals surface area contributed by atoms with Crippen molar-refractivity contribution < 1.29 is 27.8 Å². The molecule has 0 saturated heterocycles. The van der Waals surface area contributed by atoms with Gasteiger partial charge in [0.05, 0.1) is 23.8 Å². The molecule has 0 spiro atoms. The second-order valence-electron chi connectivity index (χ2n) is 9.76. The number of benzene rings is 3. The number of rotatable bonds is 15. The molecule has 12 heteroatoms. The van der Waals surface area contributed by atoms with E-state index >= 15 is 0 Å². The summed E-state index contributed by atoms with van der Waals surface area (Å²) in [6, 6.07) is 22.0. The maximum atomic E-state index is 14.0. The third-order valence-corrected chi connectivity index (χ3v) is 8.66. The molecule has 1 amide bonds. The minimum absolute atomic E-state index is 0.00554. The zero-order valence-electron chi connectivity index (χ0n) is 23.5. The van der Waals surface area contributed by atoms with Crippen LogP contribution in [0.2, 0.25) is 0 Å². The number of nitrogens with one attached hydrogen (secondary N) is 1. The summed E-state index contributed by atoms with van der Waals surface area (Å²) in [5.74, 6) is -0.184.